The van der Waals surface area contributed by atoms with E-state index in [1.54, 1.807) is 31.6 Å². The number of benzene rings is 1. The van der Waals surface area contributed by atoms with Crippen molar-refractivity contribution >= 4 is 11.9 Å². The molecule has 3 heterocycles. The Balaban J connectivity index is 1.70. The molecule has 25 heavy (non-hydrogen) atoms. The van der Waals surface area contributed by atoms with Gasteiger partial charge in [0, 0.05) is 26.3 Å². The van der Waals surface area contributed by atoms with Crippen molar-refractivity contribution in [3.63, 3.8) is 0 Å². The zero-order chi connectivity index (χ0) is 17.4. The highest BCUT2D eigenvalue weighted by Gasteiger charge is 2.35. The van der Waals surface area contributed by atoms with E-state index in [1.807, 2.05) is 13.0 Å². The molecule has 6 nitrogen and oxygen atoms in total. The van der Waals surface area contributed by atoms with Gasteiger partial charge >= 0.3 is 0 Å². The van der Waals surface area contributed by atoms with Crippen LogP contribution in [0.3, 0.4) is 0 Å². The molecular weight excluding hydrogens is 322 g/mol. The molecule has 0 N–H and O–H groups in total. The number of hydrogen-bond donors (Lipinski definition) is 0. The highest BCUT2D eigenvalue weighted by atomic mass is 16.5. The number of carbonyl (C=O) groups is 1. The van der Waals surface area contributed by atoms with Crippen LogP contribution >= 0.6 is 0 Å². The quantitative estimate of drug-likeness (QED) is 0.797. The zero-order valence-electron chi connectivity index (χ0n) is 14.2. The van der Waals surface area contributed by atoms with Gasteiger partial charge in [-0.05, 0) is 30.7 Å². The largest absolute Gasteiger partial charge is 0.478 e. The van der Waals surface area contributed by atoms with Crippen LogP contribution in [-0.4, -0.2) is 37.7 Å². The maximum absolute atomic E-state index is 12.8. The summed E-state index contributed by atoms with van der Waals surface area (Å²) >= 11 is 0. The molecule has 2 aliphatic rings. The Morgan fingerprint density at radius 1 is 1.40 bits per heavy atom. The molecule has 0 atom stereocenters. The Morgan fingerprint density at radius 2 is 2.28 bits per heavy atom. The number of aryl methyl sites for hydroxylation is 1. The predicted molar refractivity (Wildman–Crippen MR) is 90.6 cm³/mol. The number of allylic oxidation sites excluding steroid dienone is 1. The first-order chi connectivity index (χ1) is 12.2. The number of fused-ring (bicyclic) bond motifs is 3. The van der Waals surface area contributed by atoms with Crippen LogP contribution in [0.15, 0.2) is 34.6 Å². The third-order valence-corrected chi connectivity index (χ3v) is 4.42. The van der Waals surface area contributed by atoms with Crippen molar-refractivity contribution in [1.29, 1.82) is 0 Å². The molecule has 1 aromatic carbocycles. The third kappa shape index (κ3) is 2.83. The van der Waals surface area contributed by atoms with E-state index < -0.39 is 0 Å². The van der Waals surface area contributed by atoms with E-state index in [0.29, 0.717) is 37.0 Å². The van der Waals surface area contributed by atoms with Crippen LogP contribution in [0, 0.1) is 6.92 Å². The molecule has 0 amide bonds. The van der Waals surface area contributed by atoms with E-state index in [-0.39, 0.29) is 11.5 Å². The molecule has 130 valence electrons. The van der Waals surface area contributed by atoms with Crippen LogP contribution in [0.1, 0.15) is 27.2 Å². The summed E-state index contributed by atoms with van der Waals surface area (Å²) in [5.41, 5.74) is 2.36. The molecular formula is C19H19NO5. The van der Waals surface area contributed by atoms with Crippen molar-refractivity contribution in [3.8, 4) is 11.5 Å². The second-order valence-electron chi connectivity index (χ2n) is 6.15. The van der Waals surface area contributed by atoms with Gasteiger partial charge in [0.25, 0.3) is 0 Å². The van der Waals surface area contributed by atoms with Gasteiger partial charge in [-0.1, -0.05) is 0 Å². The molecule has 0 fully saturated rings. The van der Waals surface area contributed by atoms with Crippen LogP contribution in [0.5, 0.6) is 11.5 Å². The summed E-state index contributed by atoms with van der Waals surface area (Å²) < 4.78 is 22.2. The van der Waals surface area contributed by atoms with Crippen LogP contribution in [0.4, 0.5) is 0 Å². The Kier molecular flexibility index (Phi) is 4.07. The maximum atomic E-state index is 12.8. The lowest BCUT2D eigenvalue weighted by molar-refractivity contribution is 0.0646. The second-order valence-corrected chi connectivity index (χ2v) is 6.15. The average Bonchev–Trinajstić information content (AvgIpc) is 3.23. The number of ketones is 1. The summed E-state index contributed by atoms with van der Waals surface area (Å²) in [6, 6.07) is 5.47. The monoisotopic (exact) mass is 341 g/mol. The van der Waals surface area contributed by atoms with Crippen molar-refractivity contribution in [2.75, 3.05) is 27.0 Å². The molecule has 0 saturated carbocycles. The third-order valence-electron chi connectivity index (χ3n) is 4.42. The maximum Gasteiger partial charge on any atom is 0.232 e. The normalized spacial score (nSPS) is 18.0. The molecule has 0 bridgehead atoms. The van der Waals surface area contributed by atoms with E-state index in [1.165, 1.54) is 0 Å². The Hall–Kier alpha value is -2.57. The van der Waals surface area contributed by atoms with Crippen LogP contribution < -0.4 is 9.47 Å². The standard InChI is InChI=1S/C19H19NO5/c1-12-8-15-14(10-20(11-24-15)5-7-22-2)19-17(12)18(21)16(25-19)9-13-4-3-6-23-13/h3-4,6,8-9H,5,7,10-11H2,1-2H3/b16-9-. The molecule has 2 aliphatic heterocycles. The van der Waals surface area contributed by atoms with E-state index in [9.17, 15) is 4.79 Å². The minimum atomic E-state index is -0.124. The fourth-order valence-electron chi connectivity index (χ4n) is 3.14. The first-order valence-corrected chi connectivity index (χ1v) is 8.15. The van der Waals surface area contributed by atoms with Crippen LogP contribution in [0.25, 0.3) is 6.08 Å². The number of rotatable bonds is 4. The minimum Gasteiger partial charge on any atom is -0.478 e. The first-order valence-electron chi connectivity index (χ1n) is 8.15. The molecule has 2 aromatic rings. The minimum absolute atomic E-state index is 0.124. The molecule has 0 saturated heterocycles. The number of hydrogen-bond acceptors (Lipinski definition) is 6. The number of furan rings is 1. The Morgan fingerprint density at radius 3 is 3.04 bits per heavy atom. The molecule has 0 aliphatic carbocycles. The fourth-order valence-corrected chi connectivity index (χ4v) is 3.14. The van der Waals surface area contributed by atoms with Crippen molar-refractivity contribution in [2.24, 2.45) is 0 Å². The lowest BCUT2D eigenvalue weighted by Gasteiger charge is -2.29. The van der Waals surface area contributed by atoms with Crippen LogP contribution in [-0.2, 0) is 11.3 Å². The average molecular weight is 341 g/mol. The van der Waals surface area contributed by atoms with E-state index in [2.05, 4.69) is 4.90 Å². The first kappa shape index (κ1) is 15.9. The van der Waals surface area contributed by atoms with Gasteiger partial charge in [0.2, 0.25) is 5.78 Å². The SMILES string of the molecule is COCCN1COc2cc(C)c3c(c2C1)O/C(=C\c1ccco1)C3=O. The van der Waals surface area contributed by atoms with Crippen molar-refractivity contribution in [1.82, 2.24) is 4.90 Å². The van der Waals surface area contributed by atoms with Crippen LogP contribution in [0.2, 0.25) is 0 Å². The summed E-state index contributed by atoms with van der Waals surface area (Å²) in [4.78, 5) is 14.9. The summed E-state index contributed by atoms with van der Waals surface area (Å²) in [7, 11) is 1.67. The van der Waals surface area contributed by atoms with Gasteiger partial charge in [0.05, 0.1) is 24.0 Å². The number of Topliss-reactive ketones (excluding diaryl/α,β-unsaturated/α-hetero) is 1. The summed E-state index contributed by atoms with van der Waals surface area (Å²) in [6.45, 7) is 4.43. The summed E-state index contributed by atoms with van der Waals surface area (Å²) in [6.07, 6.45) is 3.19. The molecule has 4 rings (SSSR count). The molecule has 0 spiro atoms. The van der Waals surface area contributed by atoms with Crippen molar-refractivity contribution in [3.05, 3.63) is 52.7 Å². The number of ether oxygens (including phenoxy) is 3. The van der Waals surface area contributed by atoms with Gasteiger partial charge in [-0.3, -0.25) is 9.69 Å². The number of methoxy groups -OCH3 is 1. The lowest BCUT2D eigenvalue weighted by atomic mass is 9.99. The molecule has 6 heteroatoms. The Bertz CT molecular complexity index is 838. The molecule has 0 radical (unpaired) electrons. The van der Waals surface area contributed by atoms with Gasteiger partial charge in [0.1, 0.15) is 24.0 Å². The lowest BCUT2D eigenvalue weighted by Crippen LogP contribution is -2.34. The number of nitrogens with zero attached hydrogens (tertiary/aromatic N) is 1. The second kappa shape index (κ2) is 6.38. The summed E-state index contributed by atoms with van der Waals surface area (Å²) in [5, 5.41) is 0. The smallest absolute Gasteiger partial charge is 0.232 e. The van der Waals surface area contributed by atoms with Gasteiger partial charge in [-0.15, -0.1) is 0 Å². The van der Waals surface area contributed by atoms with Gasteiger partial charge in [-0.25, -0.2) is 0 Å². The zero-order valence-corrected chi connectivity index (χ0v) is 14.2. The van der Waals surface area contributed by atoms with E-state index >= 15 is 0 Å². The van der Waals surface area contributed by atoms with Gasteiger partial charge in [-0.2, -0.15) is 0 Å². The predicted octanol–water partition coefficient (Wildman–Crippen LogP) is 3.00. The van der Waals surface area contributed by atoms with Gasteiger partial charge < -0.3 is 18.6 Å². The molecule has 0 unspecified atom stereocenters. The molecule has 1 aromatic heterocycles. The fraction of sp³-hybridized carbons (Fsp3) is 0.316. The van der Waals surface area contributed by atoms with Crippen molar-refractivity contribution < 1.29 is 23.4 Å². The highest BCUT2D eigenvalue weighted by Crippen LogP contribution is 2.43. The van der Waals surface area contributed by atoms with E-state index in [0.717, 1.165) is 23.4 Å². The van der Waals surface area contributed by atoms with Gasteiger partial charge in [0.15, 0.2) is 5.76 Å². The summed E-state index contributed by atoms with van der Waals surface area (Å²) in [5.74, 6) is 2.11. The Labute approximate surface area is 145 Å². The van der Waals surface area contributed by atoms with E-state index in [4.69, 9.17) is 18.6 Å². The number of carbonyl (C=O) groups excluding carboxylic acids is 1. The van der Waals surface area contributed by atoms with Crippen molar-refractivity contribution in [2.45, 2.75) is 13.5 Å². The topological polar surface area (TPSA) is 61.1 Å². The highest BCUT2D eigenvalue weighted by molar-refractivity contribution is 6.15.